The number of hydrogen-bond acceptors (Lipinski definition) is 7. The molecule has 7 nitrogen and oxygen atoms in total. The molecule has 0 spiro atoms. The molecule has 1 aromatic heterocycles. The summed E-state index contributed by atoms with van der Waals surface area (Å²) in [7, 11) is -3.99. The zero-order chi connectivity index (χ0) is 14.0. The van der Waals surface area contributed by atoms with E-state index in [1.54, 1.807) is 12.1 Å². The minimum absolute atomic E-state index is 0.00791. The van der Waals surface area contributed by atoms with Crippen molar-refractivity contribution in [2.75, 3.05) is 11.5 Å². The Morgan fingerprint density at radius 2 is 1.74 bits per heavy atom. The van der Waals surface area contributed by atoms with Crippen molar-refractivity contribution < 1.29 is 12.6 Å². The number of halogens is 1. The zero-order valence-corrected chi connectivity index (χ0v) is 11.8. The molecule has 4 N–H and O–H groups in total. The molecule has 0 aliphatic carbocycles. The van der Waals surface area contributed by atoms with E-state index in [1.807, 2.05) is 0 Å². The lowest BCUT2D eigenvalue weighted by Crippen LogP contribution is -2.12. The van der Waals surface area contributed by atoms with Crippen LogP contribution in [0.15, 0.2) is 39.7 Å². The molecule has 0 bridgehead atoms. The summed E-state index contributed by atoms with van der Waals surface area (Å²) in [4.78, 5) is 7.24. The molecule has 0 unspecified atom stereocenters. The van der Waals surface area contributed by atoms with Gasteiger partial charge in [-0.15, -0.1) is 0 Å². The molecule has 0 aliphatic rings. The van der Waals surface area contributed by atoms with Gasteiger partial charge in [0, 0.05) is 10.5 Å². The fourth-order valence-electron chi connectivity index (χ4n) is 1.27. The van der Waals surface area contributed by atoms with Gasteiger partial charge in [0.15, 0.2) is 0 Å². The summed E-state index contributed by atoms with van der Waals surface area (Å²) in [5, 5.41) is 0. The Morgan fingerprint density at radius 3 is 2.32 bits per heavy atom. The van der Waals surface area contributed by atoms with Crippen molar-refractivity contribution in [2.45, 2.75) is 4.90 Å². The topological polar surface area (TPSA) is 121 Å². The van der Waals surface area contributed by atoms with Gasteiger partial charge < -0.3 is 15.7 Å². The number of rotatable bonds is 3. The van der Waals surface area contributed by atoms with Crippen molar-refractivity contribution >= 4 is 37.8 Å². The van der Waals surface area contributed by atoms with Crippen molar-refractivity contribution in [1.82, 2.24) is 9.97 Å². The highest BCUT2D eigenvalue weighted by Gasteiger charge is 2.18. The average molecular weight is 345 g/mol. The maximum Gasteiger partial charge on any atom is 0.340 e. The van der Waals surface area contributed by atoms with Crippen LogP contribution in [-0.2, 0) is 10.1 Å². The van der Waals surface area contributed by atoms with Crippen molar-refractivity contribution in [3.63, 3.8) is 0 Å². The van der Waals surface area contributed by atoms with Gasteiger partial charge in [0.05, 0.1) is 0 Å². The predicted molar refractivity (Wildman–Crippen MR) is 72.8 cm³/mol. The van der Waals surface area contributed by atoms with E-state index in [-0.39, 0.29) is 22.5 Å². The summed E-state index contributed by atoms with van der Waals surface area (Å²) in [5.74, 6) is -0.373. The number of aromatic nitrogens is 2. The molecule has 1 aromatic carbocycles. The Balaban J connectivity index is 2.33. The van der Waals surface area contributed by atoms with Gasteiger partial charge in [-0.2, -0.15) is 18.4 Å². The average Bonchev–Trinajstić information content (AvgIpc) is 2.27. The van der Waals surface area contributed by atoms with Crippen LogP contribution in [0.4, 0.5) is 11.8 Å². The van der Waals surface area contributed by atoms with E-state index in [4.69, 9.17) is 15.7 Å². The Bertz CT molecular complexity index is 683. The number of hydrogen-bond donors (Lipinski definition) is 2. The molecular weight excluding hydrogens is 336 g/mol. The summed E-state index contributed by atoms with van der Waals surface area (Å²) < 4.78 is 29.5. The van der Waals surface area contributed by atoms with Gasteiger partial charge in [-0.3, -0.25) is 0 Å². The first kappa shape index (κ1) is 13.6. The predicted octanol–water partition coefficient (Wildman–Crippen LogP) is 1.17. The number of nitrogens with two attached hydrogens (primary N) is 2. The van der Waals surface area contributed by atoms with E-state index in [2.05, 4.69) is 25.9 Å². The monoisotopic (exact) mass is 344 g/mol. The number of anilines is 2. The van der Waals surface area contributed by atoms with Crippen LogP contribution < -0.4 is 15.7 Å². The quantitative estimate of drug-likeness (QED) is 0.801. The van der Waals surface area contributed by atoms with Gasteiger partial charge in [0.25, 0.3) is 0 Å². The minimum Gasteiger partial charge on any atom is -0.383 e. The number of nitrogens with zero attached hydrogens (tertiary/aromatic N) is 2. The van der Waals surface area contributed by atoms with Gasteiger partial charge in [-0.05, 0) is 24.3 Å². The van der Waals surface area contributed by atoms with Crippen molar-refractivity contribution in [3.05, 3.63) is 34.8 Å². The Kier molecular flexibility index (Phi) is 3.58. The molecule has 2 aromatic rings. The molecule has 0 saturated carbocycles. The first-order chi connectivity index (χ1) is 8.87. The smallest absolute Gasteiger partial charge is 0.340 e. The van der Waals surface area contributed by atoms with Crippen molar-refractivity contribution in [1.29, 1.82) is 0 Å². The third-order valence-corrected chi connectivity index (χ3v) is 3.81. The maximum absolute atomic E-state index is 12.0. The molecular formula is C10H9BrN4O3S. The van der Waals surface area contributed by atoms with E-state index >= 15 is 0 Å². The highest BCUT2D eigenvalue weighted by atomic mass is 79.9. The van der Waals surface area contributed by atoms with Crippen LogP contribution in [-0.4, -0.2) is 18.4 Å². The van der Waals surface area contributed by atoms with Crippen LogP contribution in [0.2, 0.25) is 0 Å². The number of benzene rings is 1. The molecule has 0 radical (unpaired) electrons. The second-order valence-corrected chi connectivity index (χ2v) is 5.94. The molecule has 0 fully saturated rings. The van der Waals surface area contributed by atoms with E-state index in [1.165, 1.54) is 18.2 Å². The molecule has 0 atom stereocenters. The van der Waals surface area contributed by atoms with Gasteiger partial charge in [-0.1, -0.05) is 15.9 Å². The van der Waals surface area contributed by atoms with Crippen LogP contribution in [0.3, 0.4) is 0 Å². The third kappa shape index (κ3) is 3.32. The zero-order valence-electron chi connectivity index (χ0n) is 9.45. The fourth-order valence-corrected chi connectivity index (χ4v) is 2.41. The number of nitrogen functional groups attached to an aromatic ring is 2. The highest BCUT2D eigenvalue weighted by molar-refractivity contribution is 9.10. The van der Waals surface area contributed by atoms with E-state index in [0.29, 0.717) is 0 Å². The van der Waals surface area contributed by atoms with Crippen LogP contribution in [0, 0.1) is 0 Å². The van der Waals surface area contributed by atoms with E-state index in [0.717, 1.165) is 4.47 Å². The lowest BCUT2D eigenvalue weighted by atomic mass is 10.4. The summed E-state index contributed by atoms with van der Waals surface area (Å²) >= 11 is 3.21. The molecule has 100 valence electrons. The summed E-state index contributed by atoms with van der Waals surface area (Å²) in [5.41, 5.74) is 10.8. The minimum atomic E-state index is -3.99. The molecule has 0 aliphatic heterocycles. The van der Waals surface area contributed by atoms with Gasteiger partial charge in [0.1, 0.15) is 10.7 Å². The van der Waals surface area contributed by atoms with Crippen LogP contribution in [0.25, 0.3) is 0 Å². The largest absolute Gasteiger partial charge is 0.383 e. The van der Waals surface area contributed by atoms with E-state index < -0.39 is 10.1 Å². The third-order valence-electron chi connectivity index (χ3n) is 2.04. The van der Waals surface area contributed by atoms with Crippen LogP contribution in [0.5, 0.6) is 5.88 Å². The Morgan fingerprint density at radius 1 is 1.11 bits per heavy atom. The second kappa shape index (κ2) is 5.02. The SMILES string of the molecule is Nc1cc(OS(=O)(=O)c2ccc(Br)cc2)nc(N)n1. The Labute approximate surface area is 117 Å². The van der Waals surface area contributed by atoms with Crippen LogP contribution >= 0.6 is 15.9 Å². The molecule has 0 amide bonds. The first-order valence-electron chi connectivity index (χ1n) is 4.97. The summed E-state index contributed by atoms with van der Waals surface area (Å²) in [6.07, 6.45) is 0. The normalized spacial score (nSPS) is 11.2. The summed E-state index contributed by atoms with van der Waals surface area (Å²) in [6, 6.07) is 7.13. The lowest BCUT2D eigenvalue weighted by Gasteiger charge is -2.07. The Hall–Kier alpha value is -1.87. The van der Waals surface area contributed by atoms with Gasteiger partial charge in [-0.25, -0.2) is 0 Å². The van der Waals surface area contributed by atoms with Crippen molar-refractivity contribution in [2.24, 2.45) is 0 Å². The van der Waals surface area contributed by atoms with Gasteiger partial charge >= 0.3 is 10.1 Å². The molecule has 19 heavy (non-hydrogen) atoms. The highest BCUT2D eigenvalue weighted by Crippen LogP contribution is 2.20. The second-order valence-electron chi connectivity index (χ2n) is 3.48. The molecule has 0 saturated heterocycles. The molecule has 2 rings (SSSR count). The van der Waals surface area contributed by atoms with Gasteiger partial charge in [0.2, 0.25) is 11.8 Å². The van der Waals surface area contributed by atoms with Crippen LogP contribution in [0.1, 0.15) is 0 Å². The van der Waals surface area contributed by atoms with Crippen molar-refractivity contribution in [3.8, 4) is 5.88 Å². The lowest BCUT2D eigenvalue weighted by molar-refractivity contribution is 0.476. The fraction of sp³-hybridized carbons (Fsp3) is 0. The molecule has 1 heterocycles. The van der Waals surface area contributed by atoms with E-state index in [9.17, 15) is 8.42 Å². The first-order valence-corrected chi connectivity index (χ1v) is 7.17. The maximum atomic E-state index is 12.0. The summed E-state index contributed by atoms with van der Waals surface area (Å²) in [6.45, 7) is 0. The molecule has 9 heteroatoms. The standard InChI is InChI=1S/C10H9BrN4O3S/c11-6-1-3-7(4-2-6)19(16,17)18-9-5-8(12)14-10(13)15-9/h1-5H,(H4,12,13,14,15).